The molecular weight excluding hydrogens is 376 g/mol. The Balaban J connectivity index is 0.000000615. The largest absolute Gasteiger partial charge is 1.00 e. The first-order chi connectivity index (χ1) is 14.0. The third kappa shape index (κ3) is 12.2. The predicted molar refractivity (Wildman–Crippen MR) is 120 cm³/mol. The Morgan fingerprint density at radius 2 is 1.39 bits per heavy atom. The van der Waals surface area contributed by atoms with E-state index in [0.717, 1.165) is 37.9 Å². The number of methoxy groups -OCH3 is 1. The van der Waals surface area contributed by atoms with Gasteiger partial charge >= 0.3 is 37.7 Å². The molecule has 0 amide bonds. The fraction of sp³-hybridized carbons (Fsp3) is 0.560. The quantitative estimate of drug-likeness (QED) is 0.550. The molecule has 0 spiro atoms. The van der Waals surface area contributed by atoms with Gasteiger partial charge in [-0.2, -0.15) is 17.7 Å². The molecule has 0 aliphatic carbocycles. The van der Waals surface area contributed by atoms with Crippen molar-refractivity contribution in [3.8, 4) is 5.75 Å². The van der Waals surface area contributed by atoms with Crippen molar-refractivity contribution >= 4 is 5.69 Å². The topological polar surface area (TPSA) is 41.8 Å². The van der Waals surface area contributed by atoms with Crippen LogP contribution in [0.1, 0.15) is 58.1 Å². The van der Waals surface area contributed by atoms with Crippen LogP contribution in [0.2, 0.25) is 0 Å². The van der Waals surface area contributed by atoms with Gasteiger partial charge in [0.1, 0.15) is 5.75 Å². The second-order valence-corrected chi connectivity index (χ2v) is 8.45. The molecule has 2 aromatic carbocycles. The normalized spacial score (nSPS) is 15.7. The van der Waals surface area contributed by atoms with Crippen LogP contribution in [-0.4, -0.2) is 33.5 Å². The third-order valence-corrected chi connectivity index (χ3v) is 4.83. The summed E-state index contributed by atoms with van der Waals surface area (Å²) in [5, 5.41) is 4.89. The molecule has 31 heavy (non-hydrogen) atoms. The molecule has 2 aromatic rings. The van der Waals surface area contributed by atoms with Crippen molar-refractivity contribution in [2.45, 2.75) is 52.5 Å². The Morgan fingerprint density at radius 1 is 0.871 bits per heavy atom. The number of rotatable bonds is 4. The summed E-state index contributed by atoms with van der Waals surface area (Å²) < 4.78 is 15.1. The maximum atomic E-state index is 5.17. The molecule has 6 heteroatoms. The number of hydrogen-bond acceptors (Lipinski definition) is 3. The minimum atomic E-state index is 0. The van der Waals surface area contributed by atoms with Crippen LogP contribution in [0.5, 0.6) is 5.75 Å². The van der Waals surface area contributed by atoms with E-state index in [1.807, 2.05) is 24.3 Å². The molecule has 2 saturated heterocycles. The van der Waals surface area contributed by atoms with Crippen molar-refractivity contribution < 1.29 is 51.9 Å². The van der Waals surface area contributed by atoms with Gasteiger partial charge in [0.2, 0.25) is 0 Å². The van der Waals surface area contributed by atoms with E-state index in [1.165, 1.54) is 31.2 Å². The molecule has 4 rings (SSSR count). The molecule has 0 saturated carbocycles. The Bertz CT molecular complexity index is 621. The number of nitrogens with zero attached hydrogens (tertiary/aromatic N) is 1. The Hall–Kier alpha value is -0.715. The van der Waals surface area contributed by atoms with Crippen LogP contribution in [0.3, 0.4) is 0 Å². The van der Waals surface area contributed by atoms with Crippen LogP contribution < -0.4 is 42.5 Å². The molecule has 0 bridgehead atoms. The van der Waals surface area contributed by atoms with E-state index < -0.39 is 0 Å². The van der Waals surface area contributed by atoms with Crippen molar-refractivity contribution in [1.29, 1.82) is 0 Å². The average molecular weight is 413 g/mol. The first-order valence-corrected chi connectivity index (χ1v) is 10.7. The summed E-state index contributed by atoms with van der Waals surface area (Å²) in [6.45, 7) is 10.7. The molecule has 162 valence electrons. The number of hydrogen-bond donors (Lipinski definition) is 0. The number of benzene rings is 1. The van der Waals surface area contributed by atoms with Crippen molar-refractivity contribution in [1.82, 2.24) is 0 Å². The molecular formula is C25H37Li2NO3. The van der Waals surface area contributed by atoms with Gasteiger partial charge in [-0.05, 0) is 43.2 Å². The second-order valence-electron chi connectivity index (χ2n) is 8.45. The monoisotopic (exact) mass is 413 g/mol. The van der Waals surface area contributed by atoms with Crippen molar-refractivity contribution in [2.75, 3.05) is 33.5 Å². The van der Waals surface area contributed by atoms with E-state index >= 15 is 0 Å². The third-order valence-electron chi connectivity index (χ3n) is 4.83. The first-order valence-electron chi connectivity index (χ1n) is 10.7. The molecule has 4 nitrogen and oxygen atoms in total. The van der Waals surface area contributed by atoms with E-state index in [4.69, 9.17) is 19.5 Å². The van der Waals surface area contributed by atoms with Gasteiger partial charge in [0.05, 0.1) is 7.11 Å². The fourth-order valence-corrected chi connectivity index (χ4v) is 3.18. The van der Waals surface area contributed by atoms with Crippen LogP contribution in [0.15, 0.2) is 48.5 Å². The van der Waals surface area contributed by atoms with Crippen molar-refractivity contribution in [3.63, 3.8) is 0 Å². The van der Waals surface area contributed by atoms with Crippen LogP contribution in [0.4, 0.5) is 5.69 Å². The smallest absolute Gasteiger partial charge is 0.679 e. The van der Waals surface area contributed by atoms with Gasteiger partial charge in [0.15, 0.2) is 0 Å². The zero-order valence-electron chi connectivity index (χ0n) is 20.5. The number of ether oxygens (including phenoxy) is 3. The van der Waals surface area contributed by atoms with E-state index in [-0.39, 0.29) is 49.2 Å². The van der Waals surface area contributed by atoms with Gasteiger partial charge in [0.25, 0.3) is 0 Å². The van der Waals surface area contributed by atoms with Gasteiger partial charge in [-0.25, -0.2) is 12.1 Å². The average Bonchev–Trinajstić information content (AvgIpc) is 3.50. The minimum absolute atomic E-state index is 0. The summed E-state index contributed by atoms with van der Waals surface area (Å²) >= 11 is 0. The fourth-order valence-electron chi connectivity index (χ4n) is 3.18. The molecule has 2 fully saturated rings. The SMILES string of the molecule is C1CCOC1.C1CCOC1.COc1ccc([N-][C@H](c2ccc[cH-]2)C(C)(C)C)cc1.[Li+].[Li+]. The Kier molecular flexibility index (Phi) is 16.5. The summed E-state index contributed by atoms with van der Waals surface area (Å²) in [7, 11) is 1.67. The van der Waals surface area contributed by atoms with E-state index in [1.54, 1.807) is 7.11 Å². The van der Waals surface area contributed by atoms with Crippen LogP contribution >= 0.6 is 0 Å². The first kappa shape index (κ1) is 30.3. The van der Waals surface area contributed by atoms with Crippen LogP contribution in [0.25, 0.3) is 5.32 Å². The molecule has 1 atom stereocenters. The molecule has 2 aliphatic rings. The Morgan fingerprint density at radius 3 is 1.71 bits per heavy atom. The van der Waals surface area contributed by atoms with Gasteiger partial charge in [-0.1, -0.05) is 32.9 Å². The minimum Gasteiger partial charge on any atom is -0.679 e. The molecule has 0 unspecified atom stereocenters. The maximum Gasteiger partial charge on any atom is 1.00 e. The summed E-state index contributed by atoms with van der Waals surface area (Å²) in [6.07, 6.45) is 5.11. The summed E-state index contributed by atoms with van der Waals surface area (Å²) in [5.74, 6) is 0.861. The van der Waals surface area contributed by atoms with Crippen LogP contribution in [-0.2, 0) is 9.47 Å². The van der Waals surface area contributed by atoms with E-state index in [9.17, 15) is 0 Å². The van der Waals surface area contributed by atoms with E-state index in [2.05, 4.69) is 45.0 Å². The molecule has 0 N–H and O–H groups in total. The summed E-state index contributed by atoms with van der Waals surface area (Å²) in [4.78, 5) is 0. The van der Waals surface area contributed by atoms with Crippen molar-refractivity contribution in [3.05, 3.63) is 59.4 Å². The van der Waals surface area contributed by atoms with Gasteiger partial charge in [0, 0.05) is 26.4 Å². The second kappa shape index (κ2) is 16.9. The van der Waals surface area contributed by atoms with Gasteiger partial charge < -0.3 is 19.5 Å². The molecule has 0 radical (unpaired) electrons. The summed E-state index contributed by atoms with van der Waals surface area (Å²) in [5.41, 5.74) is 2.35. The standard InChI is InChI=1S/C17H21NO.2C4H8O.2Li/c1-17(2,3)16(13-7-5-6-8-13)18-14-9-11-15(19-4)12-10-14;2*1-2-4-5-3-1;;/h5-12,16H,1-4H3;2*1-4H2;;/q-2;;;2*+1/t16-;;;;/m1..../s1. The maximum absolute atomic E-state index is 5.17. The Labute approximate surface area is 213 Å². The molecule has 2 heterocycles. The molecule has 2 aliphatic heterocycles. The molecule has 0 aromatic heterocycles. The predicted octanol–water partition coefficient (Wildman–Crippen LogP) is 0.808. The zero-order valence-corrected chi connectivity index (χ0v) is 20.5. The summed E-state index contributed by atoms with van der Waals surface area (Å²) in [6, 6.07) is 16.5. The van der Waals surface area contributed by atoms with Gasteiger partial charge in [-0.3, -0.25) is 0 Å². The van der Waals surface area contributed by atoms with E-state index in [0.29, 0.717) is 0 Å². The van der Waals surface area contributed by atoms with Gasteiger partial charge in [-0.15, -0.1) is 11.7 Å². The van der Waals surface area contributed by atoms with Crippen LogP contribution in [0, 0.1) is 5.41 Å². The van der Waals surface area contributed by atoms with Crippen molar-refractivity contribution in [2.24, 2.45) is 5.41 Å². The zero-order chi connectivity index (χ0) is 21.0.